The number of halogens is 1. The smallest absolute Gasteiger partial charge is 0.272 e. The van der Waals surface area contributed by atoms with Crippen LogP contribution in [0, 0.1) is 11.7 Å². The molecule has 4 rings (SSSR count). The average Bonchev–Trinajstić information content (AvgIpc) is 3.49. The van der Waals surface area contributed by atoms with Crippen LogP contribution in [0.2, 0.25) is 0 Å². The van der Waals surface area contributed by atoms with E-state index in [0.29, 0.717) is 25.3 Å². The topological polar surface area (TPSA) is 127 Å². The summed E-state index contributed by atoms with van der Waals surface area (Å²) < 4.78 is 19.0. The zero-order valence-corrected chi connectivity index (χ0v) is 25.5. The Bertz CT molecular complexity index is 1400. The Morgan fingerprint density at radius 1 is 1.00 bits per heavy atom. The Morgan fingerprint density at radius 3 is 2.41 bits per heavy atom. The fourth-order valence-corrected chi connectivity index (χ4v) is 5.31. The van der Waals surface area contributed by atoms with Crippen molar-refractivity contribution < 1.29 is 23.5 Å². The minimum Gasteiger partial charge on any atom is -0.377 e. The van der Waals surface area contributed by atoms with Crippen molar-refractivity contribution in [3.8, 4) is 0 Å². The molecule has 2 heterocycles. The summed E-state index contributed by atoms with van der Waals surface area (Å²) in [6, 6.07) is 18.9. The van der Waals surface area contributed by atoms with Gasteiger partial charge in [0.1, 0.15) is 17.2 Å². The second kappa shape index (κ2) is 15.5. The molecule has 9 nitrogen and oxygen atoms in total. The number of likely N-dealkylation sites (tertiary alicyclic amines) is 1. The number of nitrogens with zero attached hydrogens (tertiary/aromatic N) is 2. The van der Waals surface area contributed by atoms with Crippen molar-refractivity contribution in [2.75, 3.05) is 18.5 Å². The maximum absolute atomic E-state index is 13.5. The number of rotatable bonds is 13. The number of benzene rings is 2. The maximum atomic E-state index is 13.5. The molecule has 0 unspecified atom stereocenters. The number of amides is 3. The van der Waals surface area contributed by atoms with Crippen molar-refractivity contribution in [1.29, 1.82) is 0 Å². The lowest BCUT2D eigenvalue weighted by Gasteiger charge is -2.27. The molecule has 4 N–H and O–H groups in total. The van der Waals surface area contributed by atoms with Gasteiger partial charge in [0.05, 0.1) is 18.8 Å². The summed E-state index contributed by atoms with van der Waals surface area (Å²) in [7, 11) is 0. The molecular weight excluding hydrogens is 561 g/mol. The van der Waals surface area contributed by atoms with Gasteiger partial charge in [-0.1, -0.05) is 43.3 Å². The number of anilines is 1. The van der Waals surface area contributed by atoms with Crippen LogP contribution in [0.1, 0.15) is 66.6 Å². The minimum atomic E-state index is -0.579. The first-order chi connectivity index (χ1) is 21.1. The van der Waals surface area contributed by atoms with Crippen LogP contribution < -0.4 is 16.4 Å². The van der Waals surface area contributed by atoms with Gasteiger partial charge in [-0.15, -0.1) is 0 Å². The van der Waals surface area contributed by atoms with Gasteiger partial charge in [0.15, 0.2) is 0 Å². The number of nitrogens with one attached hydrogen (secondary N) is 2. The van der Waals surface area contributed by atoms with Crippen LogP contribution in [0.4, 0.5) is 10.1 Å². The molecule has 2 aromatic carbocycles. The monoisotopic (exact) mass is 603 g/mol. The van der Waals surface area contributed by atoms with Crippen molar-refractivity contribution in [3.05, 3.63) is 95.6 Å². The van der Waals surface area contributed by atoms with E-state index >= 15 is 0 Å². The van der Waals surface area contributed by atoms with Gasteiger partial charge in [-0.3, -0.25) is 14.4 Å². The van der Waals surface area contributed by atoms with Crippen LogP contribution in [0.3, 0.4) is 0 Å². The fraction of sp³-hybridized carbons (Fsp3) is 0.412. The highest BCUT2D eigenvalue weighted by Crippen LogP contribution is 2.21. The molecule has 1 aliphatic rings. The lowest BCUT2D eigenvalue weighted by atomic mass is 9.92. The molecule has 0 bridgehead atoms. The zero-order chi connectivity index (χ0) is 31.6. The summed E-state index contributed by atoms with van der Waals surface area (Å²) in [5, 5.41) is 5.80. The van der Waals surface area contributed by atoms with E-state index in [4.69, 9.17) is 10.5 Å². The van der Waals surface area contributed by atoms with Crippen LogP contribution in [-0.4, -0.2) is 65.0 Å². The number of carbonyl (C=O) groups is 3. The van der Waals surface area contributed by atoms with Crippen LogP contribution in [0.15, 0.2) is 72.8 Å². The lowest BCUT2D eigenvalue weighted by Crippen LogP contribution is -2.50. The van der Waals surface area contributed by atoms with Crippen molar-refractivity contribution in [1.82, 2.24) is 15.2 Å². The predicted octanol–water partition coefficient (Wildman–Crippen LogP) is 4.58. The first kappa shape index (κ1) is 32.8. The van der Waals surface area contributed by atoms with Gasteiger partial charge in [-0.05, 0) is 81.5 Å². The number of hydrogen-bond acceptors (Lipinski definition) is 6. The average molecular weight is 604 g/mol. The Hall–Kier alpha value is -4.15. The van der Waals surface area contributed by atoms with Crippen molar-refractivity contribution >= 4 is 23.4 Å². The molecular formula is C34H42FN5O4. The van der Waals surface area contributed by atoms with Crippen molar-refractivity contribution in [2.45, 2.75) is 70.7 Å². The van der Waals surface area contributed by atoms with Gasteiger partial charge >= 0.3 is 0 Å². The third-order valence-corrected chi connectivity index (χ3v) is 7.78. The second-order valence-corrected chi connectivity index (χ2v) is 11.7. The van der Waals surface area contributed by atoms with Crippen molar-refractivity contribution in [2.24, 2.45) is 11.7 Å². The van der Waals surface area contributed by atoms with Gasteiger partial charge in [-0.25, -0.2) is 9.37 Å². The lowest BCUT2D eigenvalue weighted by molar-refractivity contribution is -0.119. The number of pyridine rings is 1. The molecule has 0 radical (unpaired) electrons. The molecule has 0 aliphatic carbocycles. The maximum Gasteiger partial charge on any atom is 0.272 e. The van der Waals surface area contributed by atoms with E-state index in [1.165, 1.54) is 24.3 Å². The summed E-state index contributed by atoms with van der Waals surface area (Å²) in [6.07, 6.45) is 2.53. The van der Waals surface area contributed by atoms with Crippen LogP contribution in [0.25, 0.3) is 0 Å². The SMILES string of the molecule is CC(C)OC[C@H]1CCCN1C(=O)c1cccc(C(=O)N[C@@H](Cc2ccccc2)[C@@H](N)C[C@@H](C)C(=O)Nc2ccc(F)cc2)n1. The molecule has 3 amide bonds. The minimum absolute atomic E-state index is 0.0281. The molecule has 0 spiro atoms. The van der Waals surface area contributed by atoms with E-state index in [1.807, 2.05) is 44.2 Å². The predicted molar refractivity (Wildman–Crippen MR) is 168 cm³/mol. The third-order valence-electron chi connectivity index (χ3n) is 7.78. The van der Waals surface area contributed by atoms with E-state index < -0.39 is 29.7 Å². The first-order valence-electron chi connectivity index (χ1n) is 15.2. The van der Waals surface area contributed by atoms with Gasteiger partial charge in [0.25, 0.3) is 11.8 Å². The van der Waals surface area contributed by atoms with Gasteiger partial charge in [0.2, 0.25) is 5.91 Å². The van der Waals surface area contributed by atoms with E-state index in [2.05, 4.69) is 15.6 Å². The molecule has 234 valence electrons. The third kappa shape index (κ3) is 9.17. The number of ether oxygens (including phenoxy) is 1. The molecule has 1 fully saturated rings. The first-order valence-corrected chi connectivity index (χ1v) is 15.2. The van der Waals surface area contributed by atoms with Crippen LogP contribution >= 0.6 is 0 Å². The molecule has 3 aromatic rings. The molecule has 10 heteroatoms. The normalized spacial score (nSPS) is 16.8. The number of carbonyl (C=O) groups excluding carboxylic acids is 3. The number of aromatic nitrogens is 1. The highest BCUT2D eigenvalue weighted by atomic mass is 19.1. The Labute approximate surface area is 258 Å². The fourth-order valence-electron chi connectivity index (χ4n) is 5.31. The highest BCUT2D eigenvalue weighted by molar-refractivity contribution is 5.96. The largest absolute Gasteiger partial charge is 0.377 e. The number of hydrogen-bond donors (Lipinski definition) is 3. The summed E-state index contributed by atoms with van der Waals surface area (Å²) in [5.41, 5.74) is 8.39. The molecule has 4 atom stereocenters. The summed E-state index contributed by atoms with van der Waals surface area (Å²) in [4.78, 5) is 45.9. The summed E-state index contributed by atoms with van der Waals surface area (Å²) >= 11 is 0. The van der Waals surface area contributed by atoms with E-state index in [9.17, 15) is 18.8 Å². The molecule has 1 saturated heterocycles. The molecule has 1 aromatic heterocycles. The molecule has 1 aliphatic heterocycles. The van der Waals surface area contributed by atoms with Crippen molar-refractivity contribution in [3.63, 3.8) is 0 Å². The van der Waals surface area contributed by atoms with Gasteiger partial charge in [0, 0.05) is 30.2 Å². The Balaban J connectivity index is 1.45. The summed E-state index contributed by atoms with van der Waals surface area (Å²) in [6.45, 7) is 6.76. The Kier molecular flexibility index (Phi) is 11.6. The van der Waals surface area contributed by atoms with E-state index in [1.54, 1.807) is 30.0 Å². The Morgan fingerprint density at radius 2 is 1.70 bits per heavy atom. The van der Waals surface area contributed by atoms with Gasteiger partial charge in [-0.2, -0.15) is 0 Å². The zero-order valence-electron chi connectivity index (χ0n) is 25.5. The highest BCUT2D eigenvalue weighted by Gasteiger charge is 2.31. The van der Waals surface area contributed by atoms with Gasteiger partial charge < -0.3 is 26.0 Å². The quantitative estimate of drug-likeness (QED) is 0.263. The van der Waals surface area contributed by atoms with Crippen LogP contribution in [-0.2, 0) is 16.0 Å². The molecule has 0 saturated carbocycles. The van der Waals surface area contributed by atoms with Crippen LogP contribution in [0.5, 0.6) is 0 Å². The number of nitrogens with two attached hydrogens (primary N) is 1. The van der Waals surface area contributed by atoms with E-state index in [0.717, 1.165) is 18.4 Å². The standard InChI is InChI=1S/C34H42FN5O4/c1-22(2)44-21-27-11-8-18-40(27)34(43)30-13-7-12-29(38-30)33(42)39-31(20-24-9-5-4-6-10-24)28(36)19-23(3)32(41)37-26-16-14-25(35)15-17-26/h4-7,9-10,12-17,22-23,27-28,31H,8,11,18-21,36H2,1-3H3,(H,37,41)(H,39,42)/t23-,27-,28+,31+/m1/s1. The molecule has 44 heavy (non-hydrogen) atoms. The summed E-state index contributed by atoms with van der Waals surface area (Å²) in [5.74, 6) is -1.83. The van der Waals surface area contributed by atoms with E-state index in [-0.39, 0.29) is 41.8 Å². The second-order valence-electron chi connectivity index (χ2n) is 11.7.